The van der Waals surface area contributed by atoms with Crippen LogP contribution in [0.5, 0.6) is 11.5 Å². The van der Waals surface area contributed by atoms with Crippen molar-refractivity contribution >= 4 is 34.3 Å². The van der Waals surface area contributed by atoms with Gasteiger partial charge in [-0.25, -0.2) is 0 Å². The Morgan fingerprint density at radius 3 is 2.58 bits per heavy atom. The van der Waals surface area contributed by atoms with Crippen molar-refractivity contribution in [2.75, 3.05) is 7.11 Å². The average Bonchev–Trinajstić information content (AvgIpc) is 2.91. The van der Waals surface area contributed by atoms with Gasteiger partial charge in [0.2, 0.25) is 5.78 Å². The maximum Gasteiger partial charge on any atom is 0.308 e. The molecule has 0 amide bonds. The van der Waals surface area contributed by atoms with E-state index in [0.717, 1.165) is 0 Å². The number of rotatable bonds is 4. The first-order valence-corrected chi connectivity index (χ1v) is 7.56. The van der Waals surface area contributed by atoms with Crippen LogP contribution in [-0.2, 0) is 4.79 Å². The summed E-state index contributed by atoms with van der Waals surface area (Å²) in [5, 5.41) is 1.11. The smallest absolute Gasteiger partial charge is 0.308 e. The zero-order valence-corrected chi connectivity index (χ0v) is 13.8. The van der Waals surface area contributed by atoms with E-state index in [1.807, 2.05) is 0 Å². The number of carbonyl (C=O) groups is 2. The molecule has 1 heterocycles. The Hall–Kier alpha value is -2.79. The topological polar surface area (TPSA) is 68.4 Å². The number of esters is 1. The number of methoxy groups -OCH3 is 1. The number of nitrogens with one attached hydrogen (secondary N) is 1. The molecule has 0 radical (unpaired) electrons. The minimum absolute atomic E-state index is 0.173. The van der Waals surface area contributed by atoms with Crippen LogP contribution in [0.3, 0.4) is 0 Å². The molecular weight excluding hydrogens is 330 g/mol. The molecule has 5 nitrogen and oxygen atoms in total. The quantitative estimate of drug-likeness (QED) is 0.574. The van der Waals surface area contributed by atoms with Gasteiger partial charge in [0.15, 0.2) is 5.75 Å². The van der Waals surface area contributed by atoms with Gasteiger partial charge in [0.05, 0.1) is 18.2 Å². The van der Waals surface area contributed by atoms with Gasteiger partial charge in [-0.05, 0) is 30.3 Å². The number of halogens is 1. The summed E-state index contributed by atoms with van der Waals surface area (Å²) in [7, 11) is 1.49. The number of hydrogen-bond donors (Lipinski definition) is 1. The lowest BCUT2D eigenvalue weighted by Gasteiger charge is -2.08. The average molecular weight is 344 g/mol. The Balaban J connectivity index is 2.20. The van der Waals surface area contributed by atoms with Crippen LogP contribution in [0, 0.1) is 0 Å². The molecule has 0 fully saturated rings. The van der Waals surface area contributed by atoms with Crippen molar-refractivity contribution in [3.05, 3.63) is 58.7 Å². The van der Waals surface area contributed by atoms with Gasteiger partial charge < -0.3 is 14.5 Å². The second-order valence-corrected chi connectivity index (χ2v) is 5.58. The van der Waals surface area contributed by atoms with E-state index < -0.39 is 5.97 Å². The van der Waals surface area contributed by atoms with Crippen LogP contribution in [0.15, 0.2) is 42.5 Å². The van der Waals surface area contributed by atoms with Crippen LogP contribution in [0.4, 0.5) is 0 Å². The van der Waals surface area contributed by atoms with Crippen molar-refractivity contribution in [1.29, 1.82) is 0 Å². The molecule has 0 bridgehead atoms. The minimum atomic E-state index is -0.514. The molecule has 1 aromatic heterocycles. The molecule has 0 aliphatic rings. The van der Waals surface area contributed by atoms with Crippen LogP contribution in [0.2, 0.25) is 5.02 Å². The van der Waals surface area contributed by atoms with Gasteiger partial charge in [0, 0.05) is 17.3 Å². The van der Waals surface area contributed by atoms with E-state index in [-0.39, 0.29) is 17.2 Å². The highest BCUT2D eigenvalue weighted by atomic mass is 35.5. The molecule has 0 spiro atoms. The molecule has 0 unspecified atom stereocenters. The van der Waals surface area contributed by atoms with E-state index in [0.29, 0.717) is 27.2 Å². The molecule has 6 heteroatoms. The third kappa shape index (κ3) is 2.86. The number of para-hydroxylation sites is 1. The number of hydrogen-bond acceptors (Lipinski definition) is 4. The number of fused-ring (bicyclic) bond motifs is 1. The molecule has 0 aliphatic heterocycles. The van der Waals surface area contributed by atoms with E-state index in [2.05, 4.69) is 4.98 Å². The Kier molecular flexibility index (Phi) is 4.27. The van der Waals surface area contributed by atoms with E-state index in [1.165, 1.54) is 14.0 Å². The maximum atomic E-state index is 12.9. The number of aromatic amines is 1. The highest BCUT2D eigenvalue weighted by Crippen LogP contribution is 2.34. The standard InChI is InChI=1S/C18H14ClNO4/c1-10(21)24-18-12-8-7-11(19)9-14(12)20-16(18)17(22)13-5-3-4-6-15(13)23-2/h3-9,20H,1-2H3. The Morgan fingerprint density at radius 1 is 1.12 bits per heavy atom. The molecule has 0 aliphatic carbocycles. The van der Waals surface area contributed by atoms with Gasteiger partial charge in [-0.15, -0.1) is 0 Å². The predicted octanol–water partition coefficient (Wildman–Crippen LogP) is 3.99. The van der Waals surface area contributed by atoms with Gasteiger partial charge in [0.25, 0.3) is 0 Å². The molecule has 3 rings (SSSR count). The Labute approximate surface area is 143 Å². The lowest BCUT2D eigenvalue weighted by atomic mass is 10.1. The monoisotopic (exact) mass is 343 g/mol. The van der Waals surface area contributed by atoms with E-state index >= 15 is 0 Å². The third-order valence-corrected chi connectivity index (χ3v) is 3.77. The largest absolute Gasteiger partial charge is 0.496 e. The SMILES string of the molecule is COc1ccccc1C(=O)c1[nH]c2cc(Cl)ccc2c1OC(C)=O. The second-order valence-electron chi connectivity index (χ2n) is 5.14. The van der Waals surface area contributed by atoms with Crippen LogP contribution in [0.1, 0.15) is 23.0 Å². The maximum absolute atomic E-state index is 12.9. The van der Waals surface area contributed by atoms with Crippen molar-refractivity contribution < 1.29 is 19.1 Å². The lowest BCUT2D eigenvalue weighted by Crippen LogP contribution is -2.09. The van der Waals surface area contributed by atoms with Gasteiger partial charge in [-0.1, -0.05) is 23.7 Å². The number of ketones is 1. The highest BCUT2D eigenvalue weighted by molar-refractivity contribution is 6.31. The first-order chi connectivity index (χ1) is 11.5. The first kappa shape index (κ1) is 16.1. The van der Waals surface area contributed by atoms with E-state index in [9.17, 15) is 9.59 Å². The lowest BCUT2D eigenvalue weighted by molar-refractivity contribution is -0.131. The number of ether oxygens (including phenoxy) is 2. The van der Waals surface area contributed by atoms with Gasteiger partial charge in [-0.2, -0.15) is 0 Å². The molecule has 24 heavy (non-hydrogen) atoms. The van der Waals surface area contributed by atoms with Crippen molar-refractivity contribution in [2.45, 2.75) is 6.92 Å². The zero-order valence-electron chi connectivity index (χ0n) is 13.1. The van der Waals surface area contributed by atoms with Gasteiger partial charge >= 0.3 is 5.97 Å². The van der Waals surface area contributed by atoms with Crippen LogP contribution in [-0.4, -0.2) is 23.8 Å². The van der Waals surface area contributed by atoms with Crippen LogP contribution >= 0.6 is 11.6 Å². The zero-order chi connectivity index (χ0) is 17.3. The minimum Gasteiger partial charge on any atom is -0.496 e. The van der Waals surface area contributed by atoms with Crippen molar-refractivity contribution in [3.8, 4) is 11.5 Å². The van der Waals surface area contributed by atoms with E-state index in [1.54, 1.807) is 42.5 Å². The summed E-state index contributed by atoms with van der Waals surface area (Å²) < 4.78 is 10.5. The fourth-order valence-corrected chi connectivity index (χ4v) is 2.69. The molecule has 2 aromatic carbocycles. The number of aromatic nitrogens is 1. The molecule has 3 aromatic rings. The van der Waals surface area contributed by atoms with Gasteiger partial charge in [-0.3, -0.25) is 9.59 Å². The molecule has 0 atom stereocenters. The summed E-state index contributed by atoms with van der Waals surface area (Å²) in [6, 6.07) is 11.9. The highest BCUT2D eigenvalue weighted by Gasteiger charge is 2.24. The molecule has 0 saturated carbocycles. The van der Waals surface area contributed by atoms with Crippen molar-refractivity contribution in [1.82, 2.24) is 4.98 Å². The molecule has 122 valence electrons. The van der Waals surface area contributed by atoms with Crippen molar-refractivity contribution in [3.63, 3.8) is 0 Å². The van der Waals surface area contributed by atoms with Crippen LogP contribution < -0.4 is 9.47 Å². The fourth-order valence-electron chi connectivity index (χ4n) is 2.52. The summed E-state index contributed by atoms with van der Waals surface area (Å²) in [4.78, 5) is 27.4. The fraction of sp³-hybridized carbons (Fsp3) is 0.111. The molecule has 0 saturated heterocycles. The predicted molar refractivity (Wildman–Crippen MR) is 91.0 cm³/mol. The molecule has 1 N–H and O–H groups in total. The number of H-pyrrole nitrogens is 1. The summed E-state index contributed by atoms with van der Waals surface area (Å²) in [5.41, 5.74) is 1.15. The number of benzene rings is 2. The van der Waals surface area contributed by atoms with Crippen LogP contribution in [0.25, 0.3) is 10.9 Å². The summed E-state index contributed by atoms with van der Waals surface area (Å²) in [6.07, 6.45) is 0. The number of carbonyl (C=O) groups excluding carboxylic acids is 2. The van der Waals surface area contributed by atoms with Crippen molar-refractivity contribution in [2.24, 2.45) is 0 Å². The van der Waals surface area contributed by atoms with Gasteiger partial charge in [0.1, 0.15) is 11.4 Å². The Bertz CT molecular complexity index is 945. The normalized spacial score (nSPS) is 10.6. The summed E-state index contributed by atoms with van der Waals surface area (Å²) in [6.45, 7) is 1.28. The van der Waals surface area contributed by atoms with E-state index in [4.69, 9.17) is 21.1 Å². The third-order valence-electron chi connectivity index (χ3n) is 3.54. The first-order valence-electron chi connectivity index (χ1n) is 7.18. The Morgan fingerprint density at radius 2 is 1.88 bits per heavy atom. The second kappa shape index (κ2) is 6.37. The molecular formula is C18H14ClNO4. The summed E-state index contributed by atoms with van der Waals surface area (Å²) in [5.74, 6) is -0.228. The summed E-state index contributed by atoms with van der Waals surface area (Å²) >= 11 is 6.00.